The highest BCUT2D eigenvalue weighted by Gasteiger charge is 2.48. The number of hydrogen-bond donors (Lipinski definition) is 3. The van der Waals surface area contributed by atoms with Gasteiger partial charge in [-0.1, -0.05) is 37.3 Å². The second-order valence-electron chi connectivity index (χ2n) is 10.9. The minimum atomic E-state index is -1.61. The number of piperidine rings is 1. The molecule has 1 aromatic heterocycles. The van der Waals surface area contributed by atoms with Crippen molar-refractivity contribution in [2.24, 2.45) is 11.7 Å². The van der Waals surface area contributed by atoms with E-state index in [1.165, 1.54) is 0 Å². The van der Waals surface area contributed by atoms with Gasteiger partial charge in [-0.3, -0.25) is 14.4 Å². The Morgan fingerprint density at radius 3 is 2.61 bits per heavy atom. The quantitative estimate of drug-likeness (QED) is 0.441. The molecule has 0 saturated carbocycles. The van der Waals surface area contributed by atoms with Crippen LogP contribution in [0.2, 0.25) is 0 Å². The number of hydrogen-bond acceptors (Lipinski definition) is 5. The van der Waals surface area contributed by atoms with E-state index in [1.54, 1.807) is 13.1 Å². The molecule has 2 fully saturated rings. The Bertz CT molecular complexity index is 1100. The van der Waals surface area contributed by atoms with Crippen LogP contribution < -0.4 is 11.1 Å². The van der Waals surface area contributed by atoms with E-state index in [0.29, 0.717) is 32.0 Å². The lowest BCUT2D eigenvalue weighted by atomic mass is 9.79. The Morgan fingerprint density at radius 1 is 1.18 bits per heavy atom. The number of nitrogens with zero attached hydrogens (tertiary/aromatic N) is 2. The standard InChI is InChI=1S/C29H41N5O4/c1-20-8-6-7-13-34(20)26(36)18-29(28(30)37,33-25(35)17-23-11-14-38-15-12-23)21(2)27-31-19-24(32-27)16-22-9-4-3-5-10-22/h3-5,9-10,19-21,23H,6-8,11-18H2,1-2H3,(H2,30,37)(H,31,32)(H,33,35)/t20-,21+,29?/m0/s1. The van der Waals surface area contributed by atoms with Gasteiger partial charge in [-0.2, -0.15) is 0 Å². The molecule has 2 aliphatic heterocycles. The minimum Gasteiger partial charge on any atom is -0.381 e. The highest BCUT2D eigenvalue weighted by molar-refractivity contribution is 5.96. The Morgan fingerprint density at radius 2 is 1.92 bits per heavy atom. The number of rotatable bonds is 10. The number of likely N-dealkylation sites (tertiary alicyclic amines) is 1. The lowest BCUT2D eigenvalue weighted by Gasteiger charge is -2.40. The Balaban J connectivity index is 1.60. The number of aromatic nitrogens is 2. The summed E-state index contributed by atoms with van der Waals surface area (Å²) in [6.07, 6.45) is 6.93. The molecule has 0 radical (unpaired) electrons. The summed E-state index contributed by atoms with van der Waals surface area (Å²) in [4.78, 5) is 49.9. The number of H-pyrrole nitrogens is 1. The molecule has 2 aromatic rings. The molecule has 4 N–H and O–H groups in total. The van der Waals surface area contributed by atoms with Crippen LogP contribution in [0.25, 0.3) is 0 Å². The van der Waals surface area contributed by atoms with Gasteiger partial charge in [0.05, 0.1) is 6.42 Å². The topological polar surface area (TPSA) is 130 Å². The van der Waals surface area contributed by atoms with Gasteiger partial charge in [0.2, 0.25) is 17.7 Å². The number of carbonyl (C=O) groups excluding carboxylic acids is 3. The predicted molar refractivity (Wildman–Crippen MR) is 144 cm³/mol. The van der Waals surface area contributed by atoms with E-state index >= 15 is 0 Å². The molecule has 4 rings (SSSR count). The zero-order valence-electron chi connectivity index (χ0n) is 22.6. The number of benzene rings is 1. The first-order valence-electron chi connectivity index (χ1n) is 13.8. The first-order valence-corrected chi connectivity index (χ1v) is 13.8. The van der Waals surface area contributed by atoms with Crippen LogP contribution in [-0.4, -0.2) is 63.9 Å². The minimum absolute atomic E-state index is 0.0798. The van der Waals surface area contributed by atoms with Crippen molar-refractivity contribution < 1.29 is 19.1 Å². The molecule has 206 valence electrons. The third kappa shape index (κ3) is 6.62. The average Bonchev–Trinajstić information content (AvgIpc) is 3.37. The first-order chi connectivity index (χ1) is 18.3. The molecule has 38 heavy (non-hydrogen) atoms. The van der Waals surface area contributed by atoms with Crippen molar-refractivity contribution in [3.63, 3.8) is 0 Å². The Hall–Kier alpha value is -3.20. The summed E-state index contributed by atoms with van der Waals surface area (Å²) in [5, 5.41) is 2.96. The molecule has 9 nitrogen and oxygen atoms in total. The molecule has 1 aromatic carbocycles. The summed E-state index contributed by atoms with van der Waals surface area (Å²) in [5.41, 5.74) is 6.43. The summed E-state index contributed by atoms with van der Waals surface area (Å²) < 4.78 is 5.42. The van der Waals surface area contributed by atoms with Gasteiger partial charge < -0.3 is 25.7 Å². The molecule has 9 heteroatoms. The van der Waals surface area contributed by atoms with Crippen molar-refractivity contribution in [3.05, 3.63) is 53.6 Å². The lowest BCUT2D eigenvalue weighted by Crippen LogP contribution is -2.63. The van der Waals surface area contributed by atoms with Crippen molar-refractivity contribution in [2.45, 2.75) is 82.7 Å². The van der Waals surface area contributed by atoms with Gasteiger partial charge >= 0.3 is 0 Å². The number of amides is 3. The molecule has 1 unspecified atom stereocenters. The summed E-state index contributed by atoms with van der Waals surface area (Å²) >= 11 is 0. The van der Waals surface area contributed by atoms with E-state index in [0.717, 1.165) is 43.4 Å². The van der Waals surface area contributed by atoms with Crippen LogP contribution in [0.15, 0.2) is 36.5 Å². The third-order valence-electron chi connectivity index (χ3n) is 8.21. The van der Waals surface area contributed by atoms with E-state index in [2.05, 4.69) is 15.3 Å². The van der Waals surface area contributed by atoms with Crippen molar-refractivity contribution >= 4 is 17.7 Å². The second-order valence-corrected chi connectivity index (χ2v) is 10.9. The molecule has 2 saturated heterocycles. The molecule has 0 bridgehead atoms. The molecule has 0 aliphatic carbocycles. The van der Waals surface area contributed by atoms with Crippen molar-refractivity contribution in [1.82, 2.24) is 20.2 Å². The largest absolute Gasteiger partial charge is 0.381 e. The fraction of sp³-hybridized carbons (Fsp3) is 0.586. The number of nitrogens with two attached hydrogens (primary N) is 1. The highest BCUT2D eigenvalue weighted by Crippen LogP contribution is 2.32. The van der Waals surface area contributed by atoms with Gasteiger partial charge in [0.15, 0.2) is 0 Å². The van der Waals surface area contributed by atoms with Crippen LogP contribution in [0.3, 0.4) is 0 Å². The van der Waals surface area contributed by atoms with Crippen LogP contribution >= 0.6 is 0 Å². The number of aromatic amines is 1. The van der Waals surface area contributed by atoms with Gasteiger partial charge in [0.1, 0.15) is 11.4 Å². The Kier molecular flexibility index (Phi) is 9.20. The van der Waals surface area contributed by atoms with E-state index in [9.17, 15) is 14.4 Å². The zero-order chi connectivity index (χ0) is 27.1. The van der Waals surface area contributed by atoms with Gasteiger partial charge in [-0.25, -0.2) is 4.98 Å². The van der Waals surface area contributed by atoms with Crippen LogP contribution in [0.5, 0.6) is 0 Å². The molecule has 3 amide bonds. The highest BCUT2D eigenvalue weighted by atomic mass is 16.5. The predicted octanol–water partition coefficient (Wildman–Crippen LogP) is 3.05. The van der Waals surface area contributed by atoms with Crippen LogP contribution in [-0.2, 0) is 25.5 Å². The fourth-order valence-corrected chi connectivity index (χ4v) is 5.72. The van der Waals surface area contributed by atoms with E-state index < -0.39 is 17.4 Å². The van der Waals surface area contributed by atoms with Crippen LogP contribution in [0.4, 0.5) is 0 Å². The molecule has 0 spiro atoms. The maximum Gasteiger partial charge on any atom is 0.244 e. The SMILES string of the molecule is C[C@H](c1ncc(Cc2ccccc2)[nH]1)C(CC(=O)N1CCCC[C@@H]1C)(NC(=O)CC1CCOCC1)C(N)=O. The fourth-order valence-electron chi connectivity index (χ4n) is 5.72. The summed E-state index contributed by atoms with van der Waals surface area (Å²) in [5.74, 6) is -1.15. The van der Waals surface area contributed by atoms with E-state index in [1.807, 2.05) is 42.2 Å². The lowest BCUT2D eigenvalue weighted by molar-refractivity contribution is -0.142. The van der Waals surface area contributed by atoms with E-state index in [4.69, 9.17) is 10.5 Å². The number of ether oxygens (including phenoxy) is 1. The summed E-state index contributed by atoms with van der Waals surface area (Å²) in [6, 6.07) is 10.1. The van der Waals surface area contributed by atoms with Gasteiger partial charge in [0.25, 0.3) is 0 Å². The smallest absolute Gasteiger partial charge is 0.244 e. The number of primary amides is 1. The van der Waals surface area contributed by atoms with Crippen LogP contribution in [0.1, 0.15) is 81.8 Å². The van der Waals surface area contributed by atoms with Crippen LogP contribution in [0, 0.1) is 5.92 Å². The summed E-state index contributed by atoms with van der Waals surface area (Å²) in [6.45, 7) is 5.71. The van der Waals surface area contributed by atoms with Crippen molar-refractivity contribution in [1.29, 1.82) is 0 Å². The normalized spacial score (nSPS) is 20.9. The van der Waals surface area contributed by atoms with Crippen molar-refractivity contribution in [3.8, 4) is 0 Å². The van der Waals surface area contributed by atoms with Gasteiger partial charge in [-0.15, -0.1) is 0 Å². The van der Waals surface area contributed by atoms with Crippen molar-refractivity contribution in [2.75, 3.05) is 19.8 Å². The van der Waals surface area contributed by atoms with Gasteiger partial charge in [0, 0.05) is 56.5 Å². The number of imidazole rings is 1. The zero-order valence-corrected chi connectivity index (χ0v) is 22.6. The molecular weight excluding hydrogens is 482 g/mol. The van der Waals surface area contributed by atoms with E-state index in [-0.39, 0.29) is 36.6 Å². The maximum absolute atomic E-state index is 13.6. The molecule has 3 atom stereocenters. The summed E-state index contributed by atoms with van der Waals surface area (Å²) in [7, 11) is 0. The average molecular weight is 524 g/mol. The maximum atomic E-state index is 13.6. The molecular formula is C29H41N5O4. The molecule has 3 heterocycles. The number of nitrogens with one attached hydrogen (secondary N) is 2. The monoisotopic (exact) mass is 523 g/mol. The Labute approximate surface area is 224 Å². The second kappa shape index (κ2) is 12.6. The number of carbonyl (C=O) groups is 3. The third-order valence-corrected chi connectivity index (χ3v) is 8.21. The first kappa shape index (κ1) is 27.8. The van der Waals surface area contributed by atoms with Gasteiger partial charge in [-0.05, 0) is 50.5 Å². The molecule has 2 aliphatic rings.